The van der Waals surface area contributed by atoms with Crippen LogP contribution < -0.4 is 11.1 Å². The summed E-state index contributed by atoms with van der Waals surface area (Å²) >= 11 is 0. The van der Waals surface area contributed by atoms with E-state index in [-0.39, 0.29) is 11.7 Å². The second kappa shape index (κ2) is 5.09. The summed E-state index contributed by atoms with van der Waals surface area (Å²) in [5.74, 6) is 1.07. The molecular weight excluding hydrogens is 260 g/mol. The number of hydrogen-bond donors (Lipinski definition) is 2. The predicted molar refractivity (Wildman–Crippen MR) is 68.8 cm³/mol. The van der Waals surface area contributed by atoms with Crippen LogP contribution in [0.4, 0.5) is 0 Å². The quantitative estimate of drug-likeness (QED) is 0.842. The van der Waals surface area contributed by atoms with Gasteiger partial charge in [0, 0.05) is 13.0 Å². The Morgan fingerprint density at radius 2 is 2.35 bits per heavy atom. The molecule has 20 heavy (non-hydrogen) atoms. The van der Waals surface area contributed by atoms with E-state index in [2.05, 4.69) is 15.5 Å². The molecular formula is C13H16N4O3. The van der Waals surface area contributed by atoms with Gasteiger partial charge in [-0.1, -0.05) is 5.16 Å². The van der Waals surface area contributed by atoms with E-state index >= 15 is 0 Å². The van der Waals surface area contributed by atoms with E-state index < -0.39 is 5.54 Å². The molecule has 0 atom stereocenters. The van der Waals surface area contributed by atoms with Crippen LogP contribution in [-0.4, -0.2) is 22.6 Å². The maximum absolute atomic E-state index is 11.6. The third-order valence-electron chi connectivity index (χ3n) is 3.53. The molecule has 1 amide bonds. The lowest BCUT2D eigenvalue weighted by Crippen LogP contribution is -2.44. The average Bonchev–Trinajstić information content (AvgIpc) is 3.07. The molecule has 3 N–H and O–H groups in total. The van der Waals surface area contributed by atoms with E-state index in [4.69, 9.17) is 14.7 Å². The van der Waals surface area contributed by atoms with E-state index in [1.807, 2.05) is 0 Å². The lowest BCUT2D eigenvalue weighted by atomic mass is 9.77. The van der Waals surface area contributed by atoms with Crippen LogP contribution in [0.5, 0.6) is 0 Å². The third-order valence-corrected chi connectivity index (χ3v) is 3.53. The second-order valence-electron chi connectivity index (χ2n) is 5.00. The van der Waals surface area contributed by atoms with Crippen molar-refractivity contribution in [3.8, 4) is 0 Å². The Bertz CT molecular complexity index is 587. The fourth-order valence-corrected chi connectivity index (χ4v) is 2.12. The number of nitrogens with one attached hydrogen (secondary N) is 1. The van der Waals surface area contributed by atoms with Gasteiger partial charge in [0.25, 0.3) is 5.91 Å². The van der Waals surface area contributed by atoms with Crippen LogP contribution in [-0.2, 0) is 12.0 Å². The Morgan fingerprint density at radius 3 is 3.00 bits per heavy atom. The first-order chi connectivity index (χ1) is 9.67. The van der Waals surface area contributed by atoms with E-state index in [0.717, 1.165) is 19.3 Å². The van der Waals surface area contributed by atoms with Gasteiger partial charge in [0.2, 0.25) is 5.89 Å². The largest absolute Gasteiger partial charge is 0.459 e. The number of amides is 1. The lowest BCUT2D eigenvalue weighted by molar-refractivity contribution is 0.0925. The smallest absolute Gasteiger partial charge is 0.286 e. The summed E-state index contributed by atoms with van der Waals surface area (Å²) in [7, 11) is 0. The van der Waals surface area contributed by atoms with Crippen molar-refractivity contribution in [1.29, 1.82) is 0 Å². The molecule has 1 aliphatic carbocycles. The monoisotopic (exact) mass is 276 g/mol. The van der Waals surface area contributed by atoms with Crippen LogP contribution in [0.2, 0.25) is 0 Å². The molecule has 0 radical (unpaired) electrons. The number of furan rings is 1. The molecule has 1 fully saturated rings. The number of aromatic nitrogens is 2. The molecule has 2 aromatic rings. The highest BCUT2D eigenvalue weighted by Crippen LogP contribution is 2.36. The summed E-state index contributed by atoms with van der Waals surface area (Å²) in [5, 5.41) is 6.63. The number of carbonyl (C=O) groups excluding carboxylic acids is 1. The third kappa shape index (κ3) is 2.44. The van der Waals surface area contributed by atoms with Gasteiger partial charge < -0.3 is 20.0 Å². The highest BCUT2D eigenvalue weighted by atomic mass is 16.5. The zero-order valence-corrected chi connectivity index (χ0v) is 11.0. The molecule has 0 spiro atoms. The van der Waals surface area contributed by atoms with Crippen LogP contribution in [0, 0.1) is 0 Å². The summed E-state index contributed by atoms with van der Waals surface area (Å²) in [5.41, 5.74) is 5.69. The normalized spacial score (nSPS) is 16.6. The molecule has 1 saturated carbocycles. The van der Waals surface area contributed by atoms with E-state index in [1.54, 1.807) is 12.1 Å². The maximum atomic E-state index is 11.6. The Balaban J connectivity index is 1.50. The van der Waals surface area contributed by atoms with Gasteiger partial charge in [0.15, 0.2) is 11.6 Å². The van der Waals surface area contributed by atoms with Crippen molar-refractivity contribution in [2.24, 2.45) is 5.73 Å². The van der Waals surface area contributed by atoms with Crippen LogP contribution in [0.25, 0.3) is 0 Å². The molecule has 0 aromatic carbocycles. The minimum absolute atomic E-state index is 0.260. The molecule has 2 aromatic heterocycles. The van der Waals surface area contributed by atoms with Crippen molar-refractivity contribution in [2.45, 2.75) is 31.2 Å². The van der Waals surface area contributed by atoms with E-state index in [1.165, 1.54) is 6.26 Å². The van der Waals surface area contributed by atoms with E-state index in [0.29, 0.717) is 24.7 Å². The van der Waals surface area contributed by atoms with Gasteiger partial charge in [0.1, 0.15) is 0 Å². The van der Waals surface area contributed by atoms with Crippen LogP contribution in [0.3, 0.4) is 0 Å². The predicted octanol–water partition coefficient (Wildman–Crippen LogP) is 0.973. The Hall–Kier alpha value is -2.15. The number of carbonyl (C=O) groups is 1. The number of rotatable bonds is 5. The SMILES string of the molecule is NC1(c2noc(CCNC(=O)c3ccco3)n2)CCC1. The first-order valence-corrected chi connectivity index (χ1v) is 6.61. The van der Waals surface area contributed by atoms with Crippen molar-refractivity contribution in [3.63, 3.8) is 0 Å². The topological polar surface area (TPSA) is 107 Å². The minimum Gasteiger partial charge on any atom is -0.459 e. The van der Waals surface area contributed by atoms with E-state index in [9.17, 15) is 4.79 Å². The van der Waals surface area contributed by atoms with Crippen molar-refractivity contribution in [2.75, 3.05) is 6.54 Å². The van der Waals surface area contributed by atoms with Gasteiger partial charge in [-0.25, -0.2) is 0 Å². The minimum atomic E-state index is -0.417. The highest BCUT2D eigenvalue weighted by Gasteiger charge is 2.38. The molecule has 7 heteroatoms. The second-order valence-corrected chi connectivity index (χ2v) is 5.00. The molecule has 1 aliphatic rings. The summed E-state index contributed by atoms with van der Waals surface area (Å²) in [4.78, 5) is 15.9. The summed E-state index contributed by atoms with van der Waals surface area (Å²) in [6, 6.07) is 3.27. The standard InChI is InChI=1S/C13H16N4O3/c14-13(5-2-6-13)12-16-10(20-17-12)4-7-15-11(18)9-3-1-8-19-9/h1,3,8H,2,4-7,14H2,(H,15,18). The van der Waals surface area contributed by atoms with Gasteiger partial charge in [-0.2, -0.15) is 4.98 Å². The highest BCUT2D eigenvalue weighted by molar-refractivity contribution is 5.91. The fraction of sp³-hybridized carbons (Fsp3) is 0.462. The summed E-state index contributed by atoms with van der Waals surface area (Å²) < 4.78 is 10.1. The zero-order valence-electron chi connectivity index (χ0n) is 11.0. The molecule has 0 aliphatic heterocycles. The average molecular weight is 276 g/mol. The van der Waals surface area contributed by atoms with Crippen LogP contribution in [0.1, 0.15) is 41.5 Å². The van der Waals surface area contributed by atoms with Crippen LogP contribution in [0.15, 0.2) is 27.3 Å². The van der Waals surface area contributed by atoms with Crippen molar-refractivity contribution in [1.82, 2.24) is 15.5 Å². The number of hydrogen-bond acceptors (Lipinski definition) is 6. The zero-order chi connectivity index (χ0) is 14.0. The fourth-order valence-electron chi connectivity index (χ4n) is 2.12. The van der Waals surface area contributed by atoms with Gasteiger partial charge in [0.05, 0.1) is 11.8 Å². The Morgan fingerprint density at radius 1 is 1.50 bits per heavy atom. The van der Waals surface area contributed by atoms with Gasteiger partial charge >= 0.3 is 0 Å². The molecule has 2 heterocycles. The first kappa shape index (κ1) is 12.9. The maximum Gasteiger partial charge on any atom is 0.286 e. The van der Waals surface area contributed by atoms with Gasteiger partial charge in [-0.05, 0) is 31.4 Å². The Labute approximate surface area is 115 Å². The van der Waals surface area contributed by atoms with Crippen molar-refractivity contribution < 1.29 is 13.7 Å². The first-order valence-electron chi connectivity index (χ1n) is 6.61. The Kier molecular flexibility index (Phi) is 3.27. The van der Waals surface area contributed by atoms with Crippen molar-refractivity contribution in [3.05, 3.63) is 35.9 Å². The summed E-state index contributed by atoms with van der Waals surface area (Å²) in [6.07, 6.45) is 4.80. The molecule has 3 rings (SSSR count). The molecule has 7 nitrogen and oxygen atoms in total. The summed E-state index contributed by atoms with van der Waals surface area (Å²) in [6.45, 7) is 0.402. The molecule has 106 valence electrons. The molecule has 0 bridgehead atoms. The van der Waals surface area contributed by atoms with Crippen LogP contribution >= 0.6 is 0 Å². The molecule has 0 saturated heterocycles. The lowest BCUT2D eigenvalue weighted by Gasteiger charge is -2.34. The number of nitrogens with zero attached hydrogens (tertiary/aromatic N) is 2. The number of nitrogens with two attached hydrogens (primary N) is 1. The van der Waals surface area contributed by atoms with Gasteiger partial charge in [-0.15, -0.1) is 0 Å². The van der Waals surface area contributed by atoms with Crippen molar-refractivity contribution >= 4 is 5.91 Å². The van der Waals surface area contributed by atoms with Gasteiger partial charge in [-0.3, -0.25) is 4.79 Å². The molecule has 0 unspecified atom stereocenters.